The van der Waals surface area contributed by atoms with Crippen molar-refractivity contribution in [3.8, 4) is 0 Å². The summed E-state index contributed by atoms with van der Waals surface area (Å²) in [6.45, 7) is 2.84. The number of amides is 1. The van der Waals surface area contributed by atoms with E-state index < -0.39 is 0 Å². The minimum atomic E-state index is -0.212. The van der Waals surface area contributed by atoms with E-state index in [1.807, 2.05) is 0 Å². The molecule has 4 heteroatoms. The number of carbonyl (C=O) groups is 1. The van der Waals surface area contributed by atoms with Crippen molar-refractivity contribution in [2.45, 2.75) is 44.6 Å². The molecular formula is C13H24N2O2. The Morgan fingerprint density at radius 3 is 2.53 bits per heavy atom. The number of rotatable bonds is 3. The average molecular weight is 240 g/mol. The van der Waals surface area contributed by atoms with E-state index in [1.165, 1.54) is 12.8 Å². The fourth-order valence-corrected chi connectivity index (χ4v) is 2.70. The lowest BCUT2D eigenvalue weighted by atomic mass is 9.98. The minimum Gasteiger partial charge on any atom is -0.449 e. The van der Waals surface area contributed by atoms with E-state index in [0.717, 1.165) is 38.8 Å². The molecular weight excluding hydrogens is 216 g/mol. The first-order valence-corrected chi connectivity index (χ1v) is 6.86. The summed E-state index contributed by atoms with van der Waals surface area (Å²) >= 11 is 0. The number of hydrogen-bond donors (Lipinski definition) is 1. The number of nitrogens with zero attached hydrogens (tertiary/aromatic N) is 1. The molecule has 1 aliphatic carbocycles. The van der Waals surface area contributed by atoms with Crippen LogP contribution < -0.4 is 5.32 Å². The lowest BCUT2D eigenvalue weighted by Gasteiger charge is -2.28. The van der Waals surface area contributed by atoms with E-state index in [-0.39, 0.29) is 6.09 Å². The van der Waals surface area contributed by atoms with Crippen molar-refractivity contribution in [2.24, 2.45) is 5.92 Å². The number of hydrogen-bond acceptors (Lipinski definition) is 3. The Morgan fingerprint density at radius 1 is 1.24 bits per heavy atom. The van der Waals surface area contributed by atoms with Crippen molar-refractivity contribution in [3.63, 3.8) is 0 Å². The van der Waals surface area contributed by atoms with Gasteiger partial charge in [0.1, 0.15) is 0 Å². The van der Waals surface area contributed by atoms with Gasteiger partial charge in [0.2, 0.25) is 0 Å². The molecule has 98 valence electrons. The maximum Gasteiger partial charge on any atom is 0.407 e. The third-order valence-corrected chi connectivity index (χ3v) is 3.97. The fraction of sp³-hybridized carbons (Fsp3) is 0.923. The lowest BCUT2D eigenvalue weighted by Crippen LogP contribution is -2.36. The van der Waals surface area contributed by atoms with Gasteiger partial charge in [-0.3, -0.25) is 0 Å². The van der Waals surface area contributed by atoms with Gasteiger partial charge in [0, 0.05) is 6.04 Å². The molecule has 0 atom stereocenters. The van der Waals surface area contributed by atoms with Gasteiger partial charge in [0.15, 0.2) is 0 Å². The summed E-state index contributed by atoms with van der Waals surface area (Å²) in [6.07, 6.45) is 6.78. The molecule has 0 bridgehead atoms. The molecule has 0 unspecified atom stereocenters. The minimum absolute atomic E-state index is 0.212. The van der Waals surface area contributed by atoms with Crippen LogP contribution >= 0.6 is 0 Å². The van der Waals surface area contributed by atoms with Crippen LogP contribution in [-0.2, 0) is 4.74 Å². The van der Waals surface area contributed by atoms with Gasteiger partial charge < -0.3 is 15.0 Å². The van der Waals surface area contributed by atoms with Crippen LogP contribution in [0.3, 0.4) is 0 Å². The number of piperidine rings is 1. The Hall–Kier alpha value is -0.770. The number of carbonyl (C=O) groups excluding carboxylic acids is 1. The molecule has 1 aliphatic heterocycles. The van der Waals surface area contributed by atoms with Crippen LogP contribution in [-0.4, -0.2) is 43.8 Å². The Balaban J connectivity index is 1.59. The van der Waals surface area contributed by atoms with E-state index in [4.69, 9.17) is 4.74 Å². The second kappa shape index (κ2) is 6.24. The van der Waals surface area contributed by atoms with Crippen LogP contribution in [0.1, 0.15) is 38.5 Å². The van der Waals surface area contributed by atoms with Crippen molar-refractivity contribution in [1.82, 2.24) is 10.2 Å². The topological polar surface area (TPSA) is 41.6 Å². The zero-order valence-electron chi connectivity index (χ0n) is 10.8. The molecule has 2 rings (SSSR count). The second-order valence-corrected chi connectivity index (χ2v) is 5.47. The zero-order valence-corrected chi connectivity index (χ0v) is 10.8. The largest absolute Gasteiger partial charge is 0.449 e. The quantitative estimate of drug-likeness (QED) is 0.820. The summed E-state index contributed by atoms with van der Waals surface area (Å²) in [5, 5.41) is 2.96. The van der Waals surface area contributed by atoms with Gasteiger partial charge in [0.25, 0.3) is 0 Å². The Labute approximate surface area is 104 Å². The standard InChI is InChI=1S/C13H24N2O2/c1-15-8-6-11(7-9-15)10-17-13(16)14-12-4-2-3-5-12/h11-12H,2-10H2,1H3,(H,14,16). The highest BCUT2D eigenvalue weighted by molar-refractivity contribution is 5.67. The molecule has 0 aromatic heterocycles. The maximum absolute atomic E-state index is 11.6. The van der Waals surface area contributed by atoms with Gasteiger partial charge in [-0.05, 0) is 51.7 Å². The van der Waals surface area contributed by atoms with Crippen molar-refractivity contribution in [1.29, 1.82) is 0 Å². The Morgan fingerprint density at radius 2 is 1.88 bits per heavy atom. The molecule has 1 amide bonds. The molecule has 2 fully saturated rings. The van der Waals surface area contributed by atoms with Gasteiger partial charge in [-0.2, -0.15) is 0 Å². The molecule has 1 heterocycles. The van der Waals surface area contributed by atoms with Gasteiger partial charge in [-0.1, -0.05) is 12.8 Å². The molecule has 1 saturated carbocycles. The summed E-state index contributed by atoms with van der Waals surface area (Å²) in [7, 11) is 2.14. The molecule has 1 saturated heterocycles. The van der Waals surface area contributed by atoms with E-state index >= 15 is 0 Å². The SMILES string of the molecule is CN1CCC(COC(=O)NC2CCCC2)CC1. The van der Waals surface area contributed by atoms with Crippen molar-refractivity contribution in [3.05, 3.63) is 0 Å². The van der Waals surface area contributed by atoms with Crippen LogP contribution in [0, 0.1) is 5.92 Å². The van der Waals surface area contributed by atoms with Gasteiger partial charge >= 0.3 is 6.09 Å². The van der Waals surface area contributed by atoms with Gasteiger partial charge in [-0.15, -0.1) is 0 Å². The van der Waals surface area contributed by atoms with E-state index in [1.54, 1.807) is 0 Å². The summed E-state index contributed by atoms with van der Waals surface area (Å²) in [6, 6.07) is 0.361. The van der Waals surface area contributed by atoms with E-state index in [0.29, 0.717) is 18.6 Å². The maximum atomic E-state index is 11.6. The summed E-state index contributed by atoms with van der Waals surface area (Å²) in [5.41, 5.74) is 0. The summed E-state index contributed by atoms with van der Waals surface area (Å²) in [4.78, 5) is 13.9. The number of ether oxygens (including phenoxy) is 1. The highest BCUT2D eigenvalue weighted by atomic mass is 16.5. The fourth-order valence-electron chi connectivity index (χ4n) is 2.70. The van der Waals surface area contributed by atoms with Crippen molar-refractivity contribution < 1.29 is 9.53 Å². The molecule has 2 aliphatic rings. The highest BCUT2D eigenvalue weighted by Gasteiger charge is 2.20. The first-order valence-electron chi connectivity index (χ1n) is 6.86. The van der Waals surface area contributed by atoms with Gasteiger partial charge in [-0.25, -0.2) is 4.79 Å². The molecule has 17 heavy (non-hydrogen) atoms. The monoisotopic (exact) mass is 240 g/mol. The summed E-state index contributed by atoms with van der Waals surface area (Å²) < 4.78 is 5.31. The molecule has 4 nitrogen and oxygen atoms in total. The van der Waals surface area contributed by atoms with E-state index in [9.17, 15) is 4.79 Å². The number of alkyl carbamates (subject to hydrolysis) is 1. The Bertz CT molecular complexity index is 244. The van der Waals surface area contributed by atoms with Crippen LogP contribution in [0.2, 0.25) is 0 Å². The normalized spacial score (nSPS) is 23.8. The summed E-state index contributed by atoms with van der Waals surface area (Å²) in [5.74, 6) is 0.556. The third kappa shape index (κ3) is 4.19. The second-order valence-electron chi connectivity index (χ2n) is 5.47. The van der Waals surface area contributed by atoms with Crippen LogP contribution in [0.4, 0.5) is 4.79 Å². The van der Waals surface area contributed by atoms with Crippen LogP contribution in [0.25, 0.3) is 0 Å². The zero-order chi connectivity index (χ0) is 12.1. The average Bonchev–Trinajstić information content (AvgIpc) is 2.81. The van der Waals surface area contributed by atoms with Crippen LogP contribution in [0.5, 0.6) is 0 Å². The molecule has 0 radical (unpaired) electrons. The first-order chi connectivity index (χ1) is 8.24. The predicted octanol–water partition coefficient (Wildman–Crippen LogP) is 2.00. The smallest absolute Gasteiger partial charge is 0.407 e. The Kier molecular flexibility index (Phi) is 4.66. The van der Waals surface area contributed by atoms with Gasteiger partial charge in [0.05, 0.1) is 6.61 Å². The van der Waals surface area contributed by atoms with Crippen molar-refractivity contribution >= 4 is 6.09 Å². The number of nitrogens with one attached hydrogen (secondary N) is 1. The molecule has 0 aromatic rings. The molecule has 0 spiro atoms. The van der Waals surface area contributed by atoms with E-state index in [2.05, 4.69) is 17.3 Å². The predicted molar refractivity (Wildman–Crippen MR) is 67.0 cm³/mol. The van der Waals surface area contributed by atoms with Crippen molar-refractivity contribution in [2.75, 3.05) is 26.7 Å². The molecule has 1 N–H and O–H groups in total. The molecule has 0 aromatic carbocycles. The highest BCUT2D eigenvalue weighted by Crippen LogP contribution is 2.18. The lowest BCUT2D eigenvalue weighted by molar-refractivity contribution is 0.100. The number of likely N-dealkylation sites (tertiary alicyclic amines) is 1. The third-order valence-electron chi connectivity index (χ3n) is 3.97. The van der Waals surface area contributed by atoms with Crippen LogP contribution in [0.15, 0.2) is 0 Å². The first kappa shape index (κ1) is 12.7.